The highest BCUT2D eigenvalue weighted by Crippen LogP contribution is 2.59. The predicted molar refractivity (Wildman–Crippen MR) is 58.3 cm³/mol. The monoisotopic (exact) mass is 209 g/mol. The van der Waals surface area contributed by atoms with Crippen LogP contribution in [0.3, 0.4) is 0 Å². The molecule has 3 heteroatoms. The SMILES string of the molecule is CC1(C)C2CC=C(C(N)CC(=O)O)C1C2. The molecule has 0 amide bonds. The molecule has 0 aromatic carbocycles. The Balaban J connectivity index is 2.11. The number of carbonyl (C=O) groups is 1. The molecule has 3 aliphatic rings. The lowest BCUT2D eigenvalue weighted by molar-refractivity contribution is -0.137. The fourth-order valence-electron chi connectivity index (χ4n) is 3.12. The van der Waals surface area contributed by atoms with E-state index in [0.717, 1.165) is 12.3 Å². The van der Waals surface area contributed by atoms with Crippen LogP contribution in [0.15, 0.2) is 11.6 Å². The lowest BCUT2D eigenvalue weighted by Gasteiger charge is -2.57. The summed E-state index contributed by atoms with van der Waals surface area (Å²) < 4.78 is 0. The normalized spacial score (nSPS) is 33.9. The van der Waals surface area contributed by atoms with Crippen LogP contribution < -0.4 is 5.73 Å². The van der Waals surface area contributed by atoms with E-state index in [-0.39, 0.29) is 12.5 Å². The van der Waals surface area contributed by atoms with Crippen LogP contribution in [0, 0.1) is 17.3 Å². The van der Waals surface area contributed by atoms with Gasteiger partial charge in [0.2, 0.25) is 0 Å². The van der Waals surface area contributed by atoms with Crippen LogP contribution in [0.5, 0.6) is 0 Å². The Hall–Kier alpha value is -0.830. The molecule has 1 saturated carbocycles. The molecule has 0 saturated heterocycles. The molecule has 3 aliphatic carbocycles. The zero-order valence-corrected chi connectivity index (χ0v) is 9.36. The second kappa shape index (κ2) is 3.34. The van der Waals surface area contributed by atoms with Crippen molar-refractivity contribution in [3.63, 3.8) is 0 Å². The first-order chi connectivity index (χ1) is 6.93. The number of rotatable bonds is 3. The number of nitrogens with two attached hydrogens (primary N) is 1. The number of allylic oxidation sites excluding steroid dienone is 1. The van der Waals surface area contributed by atoms with Gasteiger partial charge in [0.05, 0.1) is 6.42 Å². The predicted octanol–water partition coefficient (Wildman–Crippen LogP) is 1.78. The molecule has 0 aromatic heterocycles. The quantitative estimate of drug-likeness (QED) is 0.696. The van der Waals surface area contributed by atoms with Crippen LogP contribution in [0.2, 0.25) is 0 Å². The van der Waals surface area contributed by atoms with Crippen molar-refractivity contribution in [2.45, 2.75) is 39.2 Å². The minimum absolute atomic E-state index is 0.0586. The van der Waals surface area contributed by atoms with Crippen molar-refractivity contribution in [1.29, 1.82) is 0 Å². The summed E-state index contributed by atoms with van der Waals surface area (Å²) in [5, 5.41) is 8.74. The fraction of sp³-hybridized carbons (Fsp3) is 0.750. The fourth-order valence-corrected chi connectivity index (χ4v) is 3.12. The van der Waals surface area contributed by atoms with Gasteiger partial charge in [0.25, 0.3) is 0 Å². The molecular formula is C12H19NO2. The van der Waals surface area contributed by atoms with Gasteiger partial charge in [-0.1, -0.05) is 25.5 Å². The van der Waals surface area contributed by atoms with E-state index in [9.17, 15) is 4.79 Å². The summed E-state index contributed by atoms with van der Waals surface area (Å²) in [5.41, 5.74) is 7.46. The van der Waals surface area contributed by atoms with Crippen molar-refractivity contribution >= 4 is 5.97 Å². The van der Waals surface area contributed by atoms with Gasteiger partial charge in [-0.05, 0) is 30.1 Å². The minimum Gasteiger partial charge on any atom is -0.481 e. The molecule has 1 fully saturated rings. The molecule has 3 atom stereocenters. The Morgan fingerprint density at radius 1 is 1.73 bits per heavy atom. The van der Waals surface area contributed by atoms with Crippen molar-refractivity contribution < 1.29 is 9.90 Å². The van der Waals surface area contributed by atoms with Crippen molar-refractivity contribution in [3.8, 4) is 0 Å². The van der Waals surface area contributed by atoms with Gasteiger partial charge in [-0.3, -0.25) is 4.79 Å². The molecule has 15 heavy (non-hydrogen) atoms. The molecule has 3 unspecified atom stereocenters. The highest BCUT2D eigenvalue weighted by Gasteiger charge is 2.52. The van der Waals surface area contributed by atoms with Crippen molar-refractivity contribution in [1.82, 2.24) is 0 Å². The summed E-state index contributed by atoms with van der Waals surface area (Å²) in [4.78, 5) is 10.6. The summed E-state index contributed by atoms with van der Waals surface area (Å²) >= 11 is 0. The maximum atomic E-state index is 10.6. The molecule has 3 N–H and O–H groups in total. The summed E-state index contributed by atoms with van der Waals surface area (Å²) in [6, 6.07) is -0.284. The van der Waals surface area contributed by atoms with E-state index in [1.807, 2.05) is 0 Å². The second-order valence-corrected chi connectivity index (χ2v) is 5.45. The maximum absolute atomic E-state index is 10.6. The van der Waals surface area contributed by atoms with Gasteiger partial charge in [0, 0.05) is 6.04 Å². The van der Waals surface area contributed by atoms with Gasteiger partial charge in [0.15, 0.2) is 0 Å². The second-order valence-electron chi connectivity index (χ2n) is 5.45. The van der Waals surface area contributed by atoms with E-state index in [1.54, 1.807) is 0 Å². The zero-order chi connectivity index (χ0) is 11.2. The number of hydrogen-bond donors (Lipinski definition) is 2. The first-order valence-electron chi connectivity index (χ1n) is 5.60. The van der Waals surface area contributed by atoms with Crippen molar-refractivity contribution in [3.05, 3.63) is 11.6 Å². The van der Waals surface area contributed by atoms with Crippen LogP contribution >= 0.6 is 0 Å². The van der Waals surface area contributed by atoms with Gasteiger partial charge in [0.1, 0.15) is 0 Å². The smallest absolute Gasteiger partial charge is 0.305 e. The number of fused-ring (bicyclic) bond motifs is 1. The summed E-state index contributed by atoms with van der Waals surface area (Å²) in [6.07, 6.45) is 4.51. The van der Waals surface area contributed by atoms with E-state index in [2.05, 4.69) is 19.9 Å². The van der Waals surface area contributed by atoms with Gasteiger partial charge in [-0.2, -0.15) is 0 Å². The van der Waals surface area contributed by atoms with Crippen LogP contribution in [-0.2, 0) is 4.79 Å². The minimum atomic E-state index is -0.803. The van der Waals surface area contributed by atoms with E-state index >= 15 is 0 Å². The van der Waals surface area contributed by atoms with Crippen LogP contribution in [0.25, 0.3) is 0 Å². The van der Waals surface area contributed by atoms with Gasteiger partial charge < -0.3 is 10.8 Å². The Labute approximate surface area is 90.3 Å². The average molecular weight is 209 g/mol. The van der Waals surface area contributed by atoms with Gasteiger partial charge in [-0.25, -0.2) is 0 Å². The Bertz CT molecular complexity index is 320. The first kappa shape index (κ1) is 10.7. The largest absolute Gasteiger partial charge is 0.481 e. The highest BCUT2D eigenvalue weighted by molar-refractivity contribution is 5.68. The van der Waals surface area contributed by atoms with Crippen LogP contribution in [0.4, 0.5) is 0 Å². The van der Waals surface area contributed by atoms with E-state index < -0.39 is 5.97 Å². The molecule has 2 bridgehead atoms. The summed E-state index contributed by atoms with van der Waals surface area (Å²) in [6.45, 7) is 4.54. The van der Waals surface area contributed by atoms with Crippen LogP contribution in [-0.4, -0.2) is 17.1 Å². The Kier molecular flexibility index (Phi) is 2.38. The summed E-state index contributed by atoms with van der Waals surface area (Å²) in [7, 11) is 0. The Morgan fingerprint density at radius 3 is 2.87 bits per heavy atom. The molecule has 0 heterocycles. The molecular weight excluding hydrogens is 190 g/mol. The molecule has 0 spiro atoms. The lowest BCUT2D eigenvalue weighted by atomic mass is 9.48. The molecule has 0 aliphatic heterocycles. The van der Waals surface area contributed by atoms with Gasteiger partial charge in [-0.15, -0.1) is 0 Å². The number of aliphatic carboxylic acids is 1. The zero-order valence-electron chi connectivity index (χ0n) is 9.36. The molecule has 84 valence electrons. The van der Waals surface area contributed by atoms with Crippen molar-refractivity contribution in [2.75, 3.05) is 0 Å². The number of carboxylic acid groups (broad SMARTS) is 1. The van der Waals surface area contributed by atoms with Gasteiger partial charge >= 0.3 is 5.97 Å². The molecule has 3 rings (SSSR count). The first-order valence-corrected chi connectivity index (χ1v) is 5.60. The van der Waals surface area contributed by atoms with Crippen LogP contribution in [0.1, 0.15) is 33.1 Å². The lowest BCUT2D eigenvalue weighted by Crippen LogP contribution is -2.51. The maximum Gasteiger partial charge on any atom is 0.305 e. The Morgan fingerprint density at radius 2 is 2.40 bits per heavy atom. The molecule has 3 nitrogen and oxygen atoms in total. The average Bonchev–Trinajstić information content (AvgIpc) is 2.16. The van der Waals surface area contributed by atoms with E-state index in [4.69, 9.17) is 10.8 Å². The van der Waals surface area contributed by atoms with E-state index in [1.165, 1.54) is 12.0 Å². The third kappa shape index (κ3) is 1.59. The number of carboxylic acids is 1. The molecule has 0 radical (unpaired) electrons. The van der Waals surface area contributed by atoms with Crippen molar-refractivity contribution in [2.24, 2.45) is 23.0 Å². The standard InChI is InChI=1S/C12H19NO2/c1-12(2)7-3-4-8(9(12)5-7)10(13)6-11(14)15/h4,7,9-10H,3,5-6,13H2,1-2H3,(H,14,15). The number of hydrogen-bond acceptors (Lipinski definition) is 2. The summed E-state index contributed by atoms with van der Waals surface area (Å²) in [5.74, 6) is 0.497. The topological polar surface area (TPSA) is 63.3 Å². The molecule has 0 aromatic rings. The third-order valence-corrected chi connectivity index (χ3v) is 4.33. The third-order valence-electron chi connectivity index (χ3n) is 4.33. The highest BCUT2D eigenvalue weighted by atomic mass is 16.4. The van der Waals surface area contributed by atoms with E-state index in [0.29, 0.717) is 11.3 Å².